The van der Waals surface area contributed by atoms with Gasteiger partial charge in [-0.3, -0.25) is 4.79 Å². The van der Waals surface area contributed by atoms with Crippen molar-refractivity contribution in [3.8, 4) is 0 Å². The summed E-state index contributed by atoms with van der Waals surface area (Å²) in [5.41, 5.74) is -0.0723. The van der Waals surface area contributed by atoms with Gasteiger partial charge in [-0.15, -0.1) is 0 Å². The number of ether oxygens (including phenoxy) is 1. The molecule has 0 N–H and O–H groups in total. The van der Waals surface area contributed by atoms with Gasteiger partial charge in [-0.2, -0.15) is 0 Å². The maximum Gasteiger partial charge on any atom is 0.307 e. The van der Waals surface area contributed by atoms with E-state index in [-0.39, 0.29) is 18.6 Å². The van der Waals surface area contributed by atoms with Crippen molar-refractivity contribution < 1.29 is 22.7 Å². The summed E-state index contributed by atoms with van der Waals surface area (Å²) in [6.45, 7) is 1.86. The van der Waals surface area contributed by atoms with E-state index in [1.165, 1.54) is 0 Å². The zero-order valence-electron chi connectivity index (χ0n) is 11.0. The maximum absolute atomic E-state index is 13.7. The molecule has 0 aliphatic heterocycles. The Labute approximate surface area is 110 Å². The van der Waals surface area contributed by atoms with Crippen LogP contribution >= 0.6 is 0 Å². The molecule has 0 fully saturated rings. The Bertz CT molecular complexity index is 463. The van der Waals surface area contributed by atoms with Gasteiger partial charge in [0.05, 0.1) is 13.0 Å². The summed E-state index contributed by atoms with van der Waals surface area (Å²) >= 11 is 0. The summed E-state index contributed by atoms with van der Waals surface area (Å²) < 4.78 is 44.6. The van der Waals surface area contributed by atoms with E-state index in [2.05, 4.69) is 0 Å². The molecule has 0 saturated carbocycles. The van der Waals surface area contributed by atoms with Crippen LogP contribution in [0.25, 0.3) is 0 Å². The first-order chi connectivity index (χ1) is 8.86. The molecule has 1 aromatic carbocycles. The SMILES string of the molecule is CCOC(=O)CC(c1cc(F)c(F)cc1F)N(C)C. The minimum absolute atomic E-state index is 0.0723. The van der Waals surface area contributed by atoms with E-state index in [4.69, 9.17) is 4.74 Å². The van der Waals surface area contributed by atoms with Crippen molar-refractivity contribution in [2.24, 2.45) is 0 Å². The molecular formula is C13H16F3NO2. The third kappa shape index (κ3) is 3.96. The lowest BCUT2D eigenvalue weighted by molar-refractivity contribution is -0.144. The number of benzene rings is 1. The van der Waals surface area contributed by atoms with Crippen molar-refractivity contribution in [1.82, 2.24) is 4.90 Å². The monoisotopic (exact) mass is 275 g/mol. The van der Waals surface area contributed by atoms with Crippen molar-refractivity contribution in [3.63, 3.8) is 0 Å². The molecule has 0 bridgehead atoms. The van der Waals surface area contributed by atoms with E-state index in [0.717, 1.165) is 6.07 Å². The minimum atomic E-state index is -1.25. The Morgan fingerprint density at radius 2 is 1.79 bits per heavy atom. The molecule has 0 aromatic heterocycles. The fourth-order valence-corrected chi connectivity index (χ4v) is 1.74. The number of carbonyl (C=O) groups is 1. The highest BCUT2D eigenvalue weighted by atomic mass is 19.2. The Morgan fingerprint density at radius 3 is 2.32 bits per heavy atom. The average Bonchev–Trinajstić information content (AvgIpc) is 2.31. The lowest BCUT2D eigenvalue weighted by Gasteiger charge is -2.24. The number of rotatable bonds is 5. The predicted molar refractivity (Wildman–Crippen MR) is 64.0 cm³/mol. The molecule has 1 unspecified atom stereocenters. The zero-order valence-corrected chi connectivity index (χ0v) is 11.0. The van der Waals surface area contributed by atoms with Crippen LogP contribution in [-0.4, -0.2) is 31.6 Å². The van der Waals surface area contributed by atoms with Gasteiger partial charge < -0.3 is 9.64 Å². The Balaban J connectivity index is 3.06. The zero-order chi connectivity index (χ0) is 14.6. The second-order valence-electron chi connectivity index (χ2n) is 4.28. The van der Waals surface area contributed by atoms with Crippen molar-refractivity contribution >= 4 is 5.97 Å². The highest BCUT2D eigenvalue weighted by Gasteiger charge is 2.24. The van der Waals surface area contributed by atoms with Crippen LogP contribution in [0, 0.1) is 17.5 Å². The molecule has 1 rings (SSSR count). The Morgan fingerprint density at radius 1 is 1.21 bits per heavy atom. The molecule has 0 saturated heterocycles. The predicted octanol–water partition coefficient (Wildman–Crippen LogP) is 2.66. The van der Waals surface area contributed by atoms with Gasteiger partial charge in [0, 0.05) is 17.7 Å². The molecule has 1 atom stereocenters. The van der Waals surface area contributed by atoms with Crippen LogP contribution in [0.3, 0.4) is 0 Å². The highest BCUT2D eigenvalue weighted by molar-refractivity contribution is 5.70. The molecule has 3 nitrogen and oxygen atoms in total. The fraction of sp³-hybridized carbons (Fsp3) is 0.462. The molecule has 106 valence electrons. The van der Waals surface area contributed by atoms with Gasteiger partial charge in [-0.1, -0.05) is 0 Å². The van der Waals surface area contributed by atoms with E-state index < -0.39 is 29.5 Å². The van der Waals surface area contributed by atoms with E-state index in [1.54, 1.807) is 25.9 Å². The average molecular weight is 275 g/mol. The Hall–Kier alpha value is -1.56. The molecule has 19 heavy (non-hydrogen) atoms. The van der Waals surface area contributed by atoms with Crippen molar-refractivity contribution in [2.75, 3.05) is 20.7 Å². The van der Waals surface area contributed by atoms with Gasteiger partial charge in [0.2, 0.25) is 0 Å². The van der Waals surface area contributed by atoms with Crippen molar-refractivity contribution in [3.05, 3.63) is 35.1 Å². The summed E-state index contributed by atoms with van der Waals surface area (Å²) in [5.74, 6) is -3.81. The molecule has 0 spiro atoms. The van der Waals surface area contributed by atoms with Crippen molar-refractivity contribution in [2.45, 2.75) is 19.4 Å². The third-order valence-electron chi connectivity index (χ3n) is 2.69. The van der Waals surface area contributed by atoms with Gasteiger partial charge in [-0.05, 0) is 27.1 Å². The van der Waals surface area contributed by atoms with Crippen LogP contribution < -0.4 is 0 Å². The first-order valence-electron chi connectivity index (χ1n) is 5.83. The molecule has 6 heteroatoms. The number of nitrogens with zero attached hydrogens (tertiary/aromatic N) is 1. The van der Waals surface area contributed by atoms with Crippen LogP contribution in [0.4, 0.5) is 13.2 Å². The van der Waals surface area contributed by atoms with Crippen LogP contribution in [-0.2, 0) is 9.53 Å². The molecule has 0 amide bonds. The first kappa shape index (κ1) is 15.5. The fourth-order valence-electron chi connectivity index (χ4n) is 1.74. The largest absolute Gasteiger partial charge is 0.466 e. The second-order valence-corrected chi connectivity index (χ2v) is 4.28. The van der Waals surface area contributed by atoms with E-state index in [0.29, 0.717) is 6.07 Å². The molecule has 0 radical (unpaired) electrons. The summed E-state index contributed by atoms with van der Waals surface area (Å²) in [4.78, 5) is 13.0. The Kier molecular flexibility index (Phi) is 5.35. The molecule has 0 heterocycles. The highest BCUT2D eigenvalue weighted by Crippen LogP contribution is 2.27. The van der Waals surface area contributed by atoms with E-state index in [9.17, 15) is 18.0 Å². The van der Waals surface area contributed by atoms with Crippen LogP contribution in [0.5, 0.6) is 0 Å². The van der Waals surface area contributed by atoms with Gasteiger partial charge in [0.1, 0.15) is 5.82 Å². The molecular weight excluding hydrogens is 259 g/mol. The maximum atomic E-state index is 13.7. The molecule has 0 aliphatic carbocycles. The van der Waals surface area contributed by atoms with E-state index in [1.807, 2.05) is 0 Å². The van der Waals surface area contributed by atoms with Gasteiger partial charge in [0.25, 0.3) is 0 Å². The summed E-state index contributed by atoms with van der Waals surface area (Å²) in [6, 6.07) is 0.537. The topological polar surface area (TPSA) is 29.5 Å². The smallest absolute Gasteiger partial charge is 0.307 e. The van der Waals surface area contributed by atoms with Crippen LogP contribution in [0.1, 0.15) is 24.9 Å². The second kappa shape index (κ2) is 6.56. The minimum Gasteiger partial charge on any atom is -0.466 e. The lowest BCUT2D eigenvalue weighted by Crippen LogP contribution is -2.25. The standard InChI is InChI=1S/C13H16F3NO2/c1-4-19-13(18)7-12(17(2)3)8-5-10(15)11(16)6-9(8)14/h5-6,12H,4,7H2,1-3H3. The number of hydrogen-bond donors (Lipinski definition) is 0. The number of halogens is 3. The first-order valence-corrected chi connectivity index (χ1v) is 5.83. The quantitative estimate of drug-likeness (QED) is 0.611. The van der Waals surface area contributed by atoms with Crippen molar-refractivity contribution in [1.29, 1.82) is 0 Å². The number of carbonyl (C=O) groups excluding carboxylic acids is 1. The summed E-state index contributed by atoms with van der Waals surface area (Å²) in [5, 5.41) is 0. The molecule has 0 aliphatic rings. The normalized spacial score (nSPS) is 12.6. The number of esters is 1. The van der Waals surface area contributed by atoms with Crippen LogP contribution in [0.2, 0.25) is 0 Å². The van der Waals surface area contributed by atoms with Gasteiger partial charge in [-0.25, -0.2) is 13.2 Å². The van der Waals surface area contributed by atoms with Gasteiger partial charge >= 0.3 is 5.97 Å². The third-order valence-corrected chi connectivity index (χ3v) is 2.69. The number of hydrogen-bond acceptors (Lipinski definition) is 3. The van der Waals surface area contributed by atoms with E-state index >= 15 is 0 Å². The summed E-state index contributed by atoms with van der Waals surface area (Å²) in [7, 11) is 3.23. The lowest BCUT2D eigenvalue weighted by atomic mass is 10.0. The summed E-state index contributed by atoms with van der Waals surface area (Å²) in [6.07, 6.45) is -0.136. The molecule has 1 aromatic rings. The van der Waals surface area contributed by atoms with Crippen LogP contribution in [0.15, 0.2) is 12.1 Å². The van der Waals surface area contributed by atoms with Gasteiger partial charge in [0.15, 0.2) is 11.6 Å².